The molecule has 2 rings (SSSR count). The molecule has 0 saturated heterocycles. The lowest BCUT2D eigenvalue weighted by atomic mass is 10.2. The Morgan fingerprint density at radius 3 is 2.92 bits per heavy atom. The van der Waals surface area contributed by atoms with Gasteiger partial charge in [0.25, 0.3) is 0 Å². The molecule has 1 heterocycles. The van der Waals surface area contributed by atoms with E-state index in [1.807, 2.05) is 11.4 Å². The summed E-state index contributed by atoms with van der Waals surface area (Å²) < 4.78 is 1.02. The molecular formula is C8H6ClNS2. The monoisotopic (exact) mass is 215 g/mol. The van der Waals surface area contributed by atoms with Crippen molar-refractivity contribution >= 4 is 51.3 Å². The number of thiol groups is 1. The first-order valence-corrected chi connectivity index (χ1v) is 5.05. The van der Waals surface area contributed by atoms with Crippen LogP contribution in [0.2, 0.25) is 5.02 Å². The van der Waals surface area contributed by atoms with Gasteiger partial charge in [0.1, 0.15) is 0 Å². The summed E-state index contributed by atoms with van der Waals surface area (Å²) in [5, 5.41) is 3.67. The van der Waals surface area contributed by atoms with Crippen LogP contribution in [0.5, 0.6) is 0 Å². The van der Waals surface area contributed by atoms with E-state index in [2.05, 4.69) is 12.6 Å². The SMILES string of the molecule is Nc1ccc2c(S)csc2c1Cl. The molecule has 1 nitrogen and oxygen atoms in total. The number of hydrogen-bond acceptors (Lipinski definition) is 3. The smallest absolute Gasteiger partial charge is 0.0813 e. The summed E-state index contributed by atoms with van der Waals surface area (Å²) in [7, 11) is 0. The van der Waals surface area contributed by atoms with E-state index < -0.39 is 0 Å². The average molecular weight is 216 g/mol. The Morgan fingerprint density at radius 1 is 1.42 bits per heavy atom. The molecule has 2 aromatic rings. The highest BCUT2D eigenvalue weighted by Gasteiger charge is 2.06. The molecule has 0 bridgehead atoms. The fourth-order valence-corrected chi connectivity index (χ4v) is 2.67. The van der Waals surface area contributed by atoms with Crippen LogP contribution < -0.4 is 5.73 Å². The van der Waals surface area contributed by atoms with E-state index in [4.69, 9.17) is 17.3 Å². The minimum atomic E-state index is 0.624. The van der Waals surface area contributed by atoms with E-state index in [1.165, 1.54) is 0 Å². The van der Waals surface area contributed by atoms with Crippen LogP contribution in [0.25, 0.3) is 10.1 Å². The van der Waals surface area contributed by atoms with Gasteiger partial charge in [0.05, 0.1) is 15.4 Å². The largest absolute Gasteiger partial charge is 0.397 e. The van der Waals surface area contributed by atoms with Crippen molar-refractivity contribution in [3.05, 3.63) is 22.5 Å². The Labute approximate surface area is 84.6 Å². The second-order valence-corrected chi connectivity index (χ2v) is 4.21. The highest BCUT2D eigenvalue weighted by molar-refractivity contribution is 7.80. The fraction of sp³-hybridized carbons (Fsp3) is 0. The van der Waals surface area contributed by atoms with Gasteiger partial charge in [0, 0.05) is 15.7 Å². The number of benzene rings is 1. The number of nitrogen functional groups attached to an aromatic ring is 1. The third kappa shape index (κ3) is 1.09. The third-order valence-electron chi connectivity index (χ3n) is 1.69. The van der Waals surface area contributed by atoms with Gasteiger partial charge in [-0.15, -0.1) is 24.0 Å². The lowest BCUT2D eigenvalue weighted by Crippen LogP contribution is -1.84. The zero-order valence-electron chi connectivity index (χ0n) is 6.04. The Morgan fingerprint density at radius 2 is 2.17 bits per heavy atom. The first kappa shape index (κ1) is 8.23. The van der Waals surface area contributed by atoms with Crippen LogP contribution in [0.4, 0.5) is 5.69 Å². The Hall–Kier alpha value is -0.380. The number of nitrogens with two attached hydrogens (primary N) is 1. The maximum atomic E-state index is 5.99. The van der Waals surface area contributed by atoms with Crippen molar-refractivity contribution in [2.45, 2.75) is 4.90 Å². The molecule has 0 atom stereocenters. The Balaban J connectivity index is 2.93. The number of hydrogen-bond donors (Lipinski definition) is 2. The molecule has 12 heavy (non-hydrogen) atoms. The predicted octanol–water partition coefficient (Wildman–Crippen LogP) is 3.43. The van der Waals surface area contributed by atoms with Gasteiger partial charge in [-0.3, -0.25) is 0 Å². The molecule has 0 radical (unpaired) electrons. The van der Waals surface area contributed by atoms with E-state index in [-0.39, 0.29) is 0 Å². The molecule has 0 unspecified atom stereocenters. The molecule has 0 fully saturated rings. The average Bonchev–Trinajstić information content (AvgIpc) is 2.41. The van der Waals surface area contributed by atoms with Gasteiger partial charge in [-0.25, -0.2) is 0 Å². The maximum absolute atomic E-state index is 5.99. The minimum absolute atomic E-state index is 0.624. The standard InChI is InChI=1S/C8H6ClNS2/c9-7-5(10)2-1-4-6(11)3-12-8(4)7/h1-3,11H,10H2. The predicted molar refractivity (Wildman–Crippen MR) is 58.5 cm³/mol. The summed E-state index contributed by atoms with van der Waals surface area (Å²) in [4.78, 5) is 0.955. The molecule has 0 aliphatic heterocycles. The van der Waals surface area contributed by atoms with E-state index in [0.717, 1.165) is 15.0 Å². The summed E-state index contributed by atoms with van der Waals surface area (Å²) in [6.45, 7) is 0. The zero-order valence-corrected chi connectivity index (χ0v) is 8.51. The molecule has 2 N–H and O–H groups in total. The summed E-state index contributed by atoms with van der Waals surface area (Å²) in [5.74, 6) is 0. The number of anilines is 1. The van der Waals surface area contributed by atoms with Gasteiger partial charge in [-0.1, -0.05) is 17.7 Å². The van der Waals surface area contributed by atoms with Crippen molar-refractivity contribution in [1.29, 1.82) is 0 Å². The summed E-state index contributed by atoms with van der Waals surface area (Å²) in [5.41, 5.74) is 6.27. The van der Waals surface area contributed by atoms with E-state index in [9.17, 15) is 0 Å². The van der Waals surface area contributed by atoms with Gasteiger partial charge in [-0.05, 0) is 6.07 Å². The molecule has 0 aliphatic carbocycles. The molecule has 0 saturated carbocycles. The number of halogens is 1. The lowest BCUT2D eigenvalue weighted by molar-refractivity contribution is 1.67. The van der Waals surface area contributed by atoms with Crippen molar-refractivity contribution in [3.8, 4) is 0 Å². The third-order valence-corrected chi connectivity index (χ3v) is 3.77. The summed E-state index contributed by atoms with van der Waals surface area (Å²) >= 11 is 11.9. The molecular weight excluding hydrogens is 210 g/mol. The van der Waals surface area contributed by atoms with Crippen LogP contribution in [0.1, 0.15) is 0 Å². The summed E-state index contributed by atoms with van der Waals surface area (Å²) in [6.07, 6.45) is 0. The van der Waals surface area contributed by atoms with Crippen LogP contribution in [0, 0.1) is 0 Å². The molecule has 0 aliphatic rings. The topological polar surface area (TPSA) is 26.0 Å². The van der Waals surface area contributed by atoms with Crippen LogP contribution >= 0.6 is 35.6 Å². The van der Waals surface area contributed by atoms with E-state index in [1.54, 1.807) is 17.4 Å². The van der Waals surface area contributed by atoms with Crippen molar-refractivity contribution in [3.63, 3.8) is 0 Å². The summed E-state index contributed by atoms with van der Waals surface area (Å²) in [6, 6.07) is 3.74. The zero-order chi connectivity index (χ0) is 8.72. The van der Waals surface area contributed by atoms with Crippen LogP contribution in [0.3, 0.4) is 0 Å². The number of rotatable bonds is 0. The highest BCUT2D eigenvalue weighted by atomic mass is 35.5. The number of fused-ring (bicyclic) bond motifs is 1. The van der Waals surface area contributed by atoms with Gasteiger partial charge < -0.3 is 5.73 Å². The van der Waals surface area contributed by atoms with Crippen molar-refractivity contribution < 1.29 is 0 Å². The van der Waals surface area contributed by atoms with Crippen molar-refractivity contribution in [2.75, 3.05) is 5.73 Å². The highest BCUT2D eigenvalue weighted by Crippen LogP contribution is 2.36. The minimum Gasteiger partial charge on any atom is -0.397 e. The first-order valence-electron chi connectivity index (χ1n) is 3.34. The van der Waals surface area contributed by atoms with Gasteiger partial charge in [-0.2, -0.15) is 0 Å². The van der Waals surface area contributed by atoms with Crippen LogP contribution in [-0.2, 0) is 0 Å². The van der Waals surface area contributed by atoms with Gasteiger partial charge in [0.15, 0.2) is 0 Å². The molecule has 4 heteroatoms. The van der Waals surface area contributed by atoms with Gasteiger partial charge >= 0.3 is 0 Å². The molecule has 0 amide bonds. The van der Waals surface area contributed by atoms with Crippen LogP contribution in [-0.4, -0.2) is 0 Å². The maximum Gasteiger partial charge on any atom is 0.0813 e. The molecule has 1 aromatic heterocycles. The quantitative estimate of drug-likeness (QED) is 0.511. The fourth-order valence-electron chi connectivity index (χ4n) is 1.07. The second-order valence-electron chi connectivity index (χ2n) is 2.47. The normalized spacial score (nSPS) is 10.8. The first-order chi connectivity index (χ1) is 5.70. The van der Waals surface area contributed by atoms with Crippen molar-refractivity contribution in [2.24, 2.45) is 0 Å². The number of thiophene rings is 1. The van der Waals surface area contributed by atoms with Crippen LogP contribution in [0.15, 0.2) is 22.4 Å². The lowest BCUT2D eigenvalue weighted by Gasteiger charge is -1.98. The molecule has 62 valence electrons. The van der Waals surface area contributed by atoms with Gasteiger partial charge in [0.2, 0.25) is 0 Å². The molecule has 0 spiro atoms. The second kappa shape index (κ2) is 2.83. The Kier molecular flexibility index (Phi) is 1.94. The van der Waals surface area contributed by atoms with E-state index >= 15 is 0 Å². The van der Waals surface area contributed by atoms with E-state index in [0.29, 0.717) is 10.7 Å². The Bertz CT molecular complexity index is 436. The van der Waals surface area contributed by atoms with Crippen molar-refractivity contribution in [1.82, 2.24) is 0 Å². The molecule has 1 aromatic carbocycles.